The average molecular weight is 810 g/mol. The van der Waals surface area contributed by atoms with Crippen LogP contribution in [0.5, 0.6) is 0 Å². The van der Waals surface area contributed by atoms with Crippen LogP contribution in [-0.4, -0.2) is 135 Å². The van der Waals surface area contributed by atoms with Gasteiger partial charge >= 0.3 is 24.5 Å². The summed E-state index contributed by atoms with van der Waals surface area (Å²) in [6.07, 6.45) is -13.2. The maximum atomic E-state index is 14.8. The summed E-state index contributed by atoms with van der Waals surface area (Å²) in [6, 6.07) is 5.87. The highest BCUT2D eigenvalue weighted by Gasteiger charge is 2.73. The standard InChI is InChI=1S/C35H42F7N5O7S/c1-24(48)44-17-19-45(20-18-44)29(49)46-14-13-32(21-46,55(51,52)28-11-9-27(36)10-12-28)25-5-7-26(8-6-25)33(34(37,38)39,35(40,41)42)53-23-43-15-16-47(22-43)30(50)54-31(2,3)4/h5-12H,13-23H2,1-4H3/t32-/m0/s1. The number of benzene rings is 2. The van der Waals surface area contributed by atoms with E-state index in [0.29, 0.717) is 12.1 Å². The third-order valence-corrected chi connectivity index (χ3v) is 12.4. The van der Waals surface area contributed by atoms with Gasteiger partial charge in [-0.1, -0.05) is 24.3 Å². The molecule has 5 rings (SSSR count). The minimum absolute atomic E-state index is 0.0449. The predicted octanol–water partition coefficient (Wildman–Crippen LogP) is 5.29. The molecule has 3 aliphatic rings. The van der Waals surface area contributed by atoms with Crippen LogP contribution in [0.25, 0.3) is 0 Å². The Labute approximate surface area is 313 Å². The fourth-order valence-corrected chi connectivity index (χ4v) is 9.04. The van der Waals surface area contributed by atoms with Crippen molar-refractivity contribution in [1.29, 1.82) is 0 Å². The van der Waals surface area contributed by atoms with Gasteiger partial charge in [0.05, 0.1) is 11.6 Å². The molecular weight excluding hydrogens is 767 g/mol. The second kappa shape index (κ2) is 15.1. The molecule has 55 heavy (non-hydrogen) atoms. The largest absolute Gasteiger partial charge is 0.444 e. The number of carbonyl (C=O) groups is 3. The van der Waals surface area contributed by atoms with Crippen molar-refractivity contribution in [2.45, 2.75) is 67.3 Å². The molecular formula is C35H42F7N5O7S. The molecule has 0 N–H and O–H groups in total. The minimum atomic E-state index is -6.07. The first kappa shape index (κ1) is 42.0. The highest BCUT2D eigenvalue weighted by atomic mass is 32.2. The van der Waals surface area contributed by atoms with Crippen LogP contribution in [0, 0.1) is 5.82 Å². The summed E-state index contributed by atoms with van der Waals surface area (Å²) in [5, 5.41) is 0. The molecule has 304 valence electrons. The smallest absolute Gasteiger partial charge is 0.430 e. The topological polar surface area (TPSA) is 120 Å². The van der Waals surface area contributed by atoms with Crippen molar-refractivity contribution < 1.29 is 63.0 Å². The van der Waals surface area contributed by atoms with Gasteiger partial charge in [0, 0.05) is 64.8 Å². The van der Waals surface area contributed by atoms with E-state index in [1.807, 2.05) is 0 Å². The maximum absolute atomic E-state index is 14.8. The van der Waals surface area contributed by atoms with Crippen molar-refractivity contribution in [3.05, 3.63) is 65.5 Å². The quantitative estimate of drug-likeness (QED) is 0.274. The molecule has 20 heteroatoms. The number of hydrogen-bond donors (Lipinski definition) is 0. The lowest BCUT2D eigenvalue weighted by molar-refractivity contribution is -0.395. The van der Waals surface area contributed by atoms with E-state index >= 15 is 0 Å². The van der Waals surface area contributed by atoms with E-state index in [1.165, 1.54) is 21.6 Å². The number of likely N-dealkylation sites (tertiary alicyclic amines) is 1. The Bertz CT molecular complexity index is 1830. The summed E-state index contributed by atoms with van der Waals surface area (Å²) in [6.45, 7) is 4.52. The third kappa shape index (κ3) is 8.21. The Morgan fingerprint density at radius 3 is 1.82 bits per heavy atom. The van der Waals surface area contributed by atoms with Crippen LogP contribution in [-0.2, 0) is 34.5 Å². The Morgan fingerprint density at radius 1 is 0.745 bits per heavy atom. The van der Waals surface area contributed by atoms with Crippen molar-refractivity contribution in [3.8, 4) is 0 Å². The molecule has 0 radical (unpaired) electrons. The minimum Gasteiger partial charge on any atom is -0.444 e. The van der Waals surface area contributed by atoms with Crippen LogP contribution < -0.4 is 0 Å². The van der Waals surface area contributed by atoms with Gasteiger partial charge < -0.3 is 24.2 Å². The van der Waals surface area contributed by atoms with Crippen molar-refractivity contribution in [2.24, 2.45) is 0 Å². The molecule has 2 aromatic rings. The molecule has 0 saturated carbocycles. The number of sulfone groups is 1. The summed E-state index contributed by atoms with van der Waals surface area (Å²) in [7, 11) is -4.59. The first-order valence-electron chi connectivity index (χ1n) is 17.3. The van der Waals surface area contributed by atoms with Crippen LogP contribution in [0.3, 0.4) is 0 Å². The summed E-state index contributed by atoms with van der Waals surface area (Å²) in [5.74, 6) is -0.945. The van der Waals surface area contributed by atoms with E-state index in [2.05, 4.69) is 0 Å². The molecule has 0 spiro atoms. The number of hydrogen-bond acceptors (Lipinski definition) is 8. The van der Waals surface area contributed by atoms with Crippen molar-refractivity contribution >= 4 is 27.9 Å². The number of nitrogens with zero attached hydrogens (tertiary/aromatic N) is 5. The molecule has 0 unspecified atom stereocenters. The van der Waals surface area contributed by atoms with Gasteiger partial charge in [-0.05, 0) is 57.0 Å². The Kier molecular flexibility index (Phi) is 11.5. The maximum Gasteiger partial charge on any atom is 0.430 e. The highest BCUT2D eigenvalue weighted by Crippen LogP contribution is 2.54. The fourth-order valence-electron chi connectivity index (χ4n) is 6.97. The molecule has 3 fully saturated rings. The van der Waals surface area contributed by atoms with Crippen LogP contribution in [0.4, 0.5) is 40.3 Å². The molecule has 0 aliphatic carbocycles. The summed E-state index contributed by atoms with van der Waals surface area (Å²) in [5.41, 5.74) is -7.36. The monoisotopic (exact) mass is 809 g/mol. The van der Waals surface area contributed by atoms with Crippen molar-refractivity contribution in [1.82, 2.24) is 24.5 Å². The zero-order valence-corrected chi connectivity index (χ0v) is 31.4. The van der Waals surface area contributed by atoms with E-state index in [1.54, 1.807) is 20.8 Å². The predicted molar refractivity (Wildman–Crippen MR) is 181 cm³/mol. The lowest BCUT2D eigenvalue weighted by Crippen LogP contribution is -2.57. The molecule has 12 nitrogen and oxygen atoms in total. The number of ether oxygens (including phenoxy) is 2. The number of alkyl halides is 6. The van der Waals surface area contributed by atoms with E-state index in [-0.39, 0.29) is 75.3 Å². The molecule has 1 atom stereocenters. The number of carbonyl (C=O) groups excluding carboxylic acids is 3. The van der Waals surface area contributed by atoms with Crippen LogP contribution in [0.15, 0.2) is 53.4 Å². The lowest BCUT2D eigenvalue weighted by Gasteiger charge is -2.39. The van der Waals surface area contributed by atoms with Gasteiger partial charge in [-0.25, -0.2) is 22.4 Å². The number of halogens is 7. The molecule has 0 aromatic heterocycles. The molecule has 2 aromatic carbocycles. The van der Waals surface area contributed by atoms with Crippen molar-refractivity contribution in [2.75, 3.05) is 65.8 Å². The van der Waals surface area contributed by atoms with Gasteiger partial charge in [-0.15, -0.1) is 0 Å². The molecule has 4 amide bonds. The Hall–Kier alpha value is -4.17. The van der Waals surface area contributed by atoms with Gasteiger partial charge in [-0.3, -0.25) is 14.6 Å². The fraction of sp³-hybridized carbons (Fsp3) is 0.571. The zero-order chi connectivity index (χ0) is 40.8. The summed E-state index contributed by atoms with van der Waals surface area (Å²) < 4.78 is 139. The number of urea groups is 1. The van der Waals surface area contributed by atoms with Gasteiger partial charge in [0.1, 0.15) is 22.9 Å². The number of amides is 4. The Morgan fingerprint density at radius 2 is 1.29 bits per heavy atom. The molecule has 3 heterocycles. The van der Waals surface area contributed by atoms with E-state index in [9.17, 15) is 53.5 Å². The number of piperazine rings is 1. The van der Waals surface area contributed by atoms with E-state index < -0.39 is 74.9 Å². The first-order chi connectivity index (χ1) is 25.4. The lowest BCUT2D eigenvalue weighted by atomic mass is 9.88. The highest BCUT2D eigenvalue weighted by molar-refractivity contribution is 7.92. The molecule has 0 bridgehead atoms. The Balaban J connectivity index is 1.48. The van der Waals surface area contributed by atoms with Gasteiger partial charge in [0.15, 0.2) is 9.84 Å². The van der Waals surface area contributed by atoms with Gasteiger partial charge in [0.25, 0.3) is 5.60 Å². The summed E-state index contributed by atoms with van der Waals surface area (Å²) in [4.78, 5) is 43.8. The third-order valence-electron chi connectivity index (χ3n) is 9.92. The van der Waals surface area contributed by atoms with Crippen LogP contribution >= 0.6 is 0 Å². The summed E-state index contributed by atoms with van der Waals surface area (Å²) >= 11 is 0. The average Bonchev–Trinajstić information content (AvgIpc) is 3.76. The van der Waals surface area contributed by atoms with Crippen LogP contribution in [0.1, 0.15) is 45.2 Å². The SMILES string of the molecule is CC(=O)N1CCN(C(=O)N2CC[C@](c3ccc(C(OCN4CCN(C(=O)OC(C)(C)C)C4)(C(F)(F)F)C(F)(F)F)cc3)(S(=O)(=O)c3ccc(F)cc3)C2)CC1. The second-order valence-electron chi connectivity index (χ2n) is 14.7. The van der Waals surface area contributed by atoms with Gasteiger partial charge in [0.2, 0.25) is 5.91 Å². The van der Waals surface area contributed by atoms with Crippen molar-refractivity contribution in [3.63, 3.8) is 0 Å². The second-order valence-corrected chi connectivity index (χ2v) is 17.0. The van der Waals surface area contributed by atoms with Gasteiger partial charge in [-0.2, -0.15) is 26.3 Å². The van der Waals surface area contributed by atoms with E-state index in [0.717, 1.165) is 46.2 Å². The first-order valence-corrected chi connectivity index (χ1v) is 18.8. The van der Waals surface area contributed by atoms with Crippen LogP contribution in [0.2, 0.25) is 0 Å². The van der Waals surface area contributed by atoms with E-state index in [4.69, 9.17) is 9.47 Å². The number of rotatable bonds is 7. The zero-order valence-electron chi connectivity index (χ0n) is 30.5. The molecule has 3 aliphatic heterocycles. The molecule has 3 saturated heterocycles. The normalized spacial score (nSPS) is 20.6.